The molecule has 25 N–H and O–H groups in total. The fourth-order valence-electron chi connectivity index (χ4n) is 1.40. The number of hydrogen-bond donors (Lipinski definition) is 14. The van der Waals surface area contributed by atoms with E-state index in [1.807, 2.05) is 11.0 Å². The van der Waals surface area contributed by atoms with Gasteiger partial charge < -0.3 is 70.6 Å². The maximum absolute atomic E-state index is 10.9. The third-order valence-electron chi connectivity index (χ3n) is 3.49. The first kappa shape index (κ1) is 81.6. The van der Waals surface area contributed by atoms with Crippen molar-refractivity contribution in [2.24, 2.45) is 45.6 Å². The lowest BCUT2D eigenvalue weighted by atomic mass is 10.2. The van der Waals surface area contributed by atoms with Gasteiger partial charge in [0.25, 0.3) is 5.91 Å². The molecule has 0 aliphatic heterocycles. The Morgan fingerprint density at radius 2 is 0.919 bits per heavy atom. The molecule has 0 bridgehead atoms. The quantitative estimate of drug-likeness (QED) is 0.0199. The molecule has 1 unspecified atom stereocenters. The highest BCUT2D eigenvalue weighted by molar-refractivity contribution is 6.26. The van der Waals surface area contributed by atoms with E-state index in [4.69, 9.17) is 60.9 Å². The van der Waals surface area contributed by atoms with Gasteiger partial charge in [-0.15, -0.1) is 0 Å². The minimum absolute atomic E-state index is 0. The minimum atomic E-state index is -5.94. The summed E-state index contributed by atoms with van der Waals surface area (Å²) in [6.07, 6.45) is 3.65. The van der Waals surface area contributed by atoms with Crippen LogP contribution in [0.15, 0.2) is 5.16 Å². The van der Waals surface area contributed by atoms with Crippen LogP contribution in [0.3, 0.4) is 0 Å². The number of amides is 6. The average Bonchev–Trinajstić information content (AvgIpc) is 3.33. The number of carbonyl (C=O) groups is 13. The summed E-state index contributed by atoms with van der Waals surface area (Å²) in [6, 6.07) is -0.681. The molecular weight excluding hydrogens is 1140 g/mol. The smallest absolute Gasteiger partial charge is 0.431 e. The molecule has 0 radical (unpaired) electrons. The van der Waals surface area contributed by atoms with Crippen LogP contribution in [0.4, 0.5) is 9.59 Å². The van der Waals surface area contributed by atoms with Crippen molar-refractivity contribution < 1.29 is 152 Å². The van der Waals surface area contributed by atoms with E-state index in [9.17, 15) is 52.7 Å². The van der Waals surface area contributed by atoms with E-state index in [2.05, 4.69) is 47.3 Å². The van der Waals surface area contributed by atoms with Gasteiger partial charge in [-0.3, -0.25) is 81.0 Å². The summed E-state index contributed by atoms with van der Waals surface area (Å²) in [5.74, 6) is 4.06. The van der Waals surface area contributed by atoms with E-state index < -0.39 is 104 Å². The number of primary amides is 4. The molecule has 0 aliphatic rings. The predicted octanol–water partition coefficient (Wildman–Crippen LogP) is -13.1. The Morgan fingerprint density at radius 3 is 1.11 bits per heavy atom. The lowest BCUT2D eigenvalue weighted by Gasteiger charge is -2.19. The molecule has 0 aromatic carbocycles. The minimum Gasteiger partial charge on any atom is -0.479 e. The largest absolute Gasteiger partial charge is 0.479 e. The molecule has 0 heterocycles. The molecule has 440 valence electrons. The number of hydroxylamine groups is 2. The van der Waals surface area contributed by atoms with E-state index in [1.54, 1.807) is 64.4 Å². The Labute approximate surface area is 437 Å². The first-order valence-corrected chi connectivity index (χ1v) is 21.6. The fourth-order valence-corrected chi connectivity index (χ4v) is 1.40. The molecule has 6 amide bonds. The number of aldehydes is 2. The number of aliphatic hydroxyl groups is 2. The fraction of sp³-hybridized carbons (Fsp3) is 0.588. The number of Topliss-reactive ketones (excluding diaryl/α,β-unsaturated/α-hetero) is 4. The Hall–Kier alpha value is -6.49. The van der Waals surface area contributed by atoms with E-state index >= 15 is 0 Å². The number of nitrogens with one attached hydrogen (secondary N) is 2. The van der Waals surface area contributed by atoms with Gasteiger partial charge in [0.2, 0.25) is 17.7 Å². The first-order valence-electron chi connectivity index (χ1n) is 20.6. The van der Waals surface area contributed by atoms with Crippen LogP contribution in [0.1, 0.15) is 69.2 Å². The topological polar surface area (TPSA) is 728 Å². The molecule has 40 heteroatoms. The normalized spacial score (nSPS) is 10.1. The van der Waals surface area contributed by atoms with Gasteiger partial charge in [0.15, 0.2) is 55.4 Å². The van der Waals surface area contributed by atoms with Crippen LogP contribution in [0.2, 0.25) is 7.06 Å². The van der Waals surface area contributed by atoms with Gasteiger partial charge in [0, 0.05) is 27.9 Å². The molecule has 74 heavy (non-hydrogen) atoms. The van der Waals surface area contributed by atoms with Crippen molar-refractivity contribution in [3.05, 3.63) is 0 Å². The third-order valence-corrected chi connectivity index (χ3v) is 3.49. The number of aliphatic carboxylic acids is 1. The number of ketones is 4. The number of carbonyl (C=O) groups excluding carboxylic acids is 12. The highest BCUT2D eigenvalue weighted by Gasteiger charge is 2.17. The van der Waals surface area contributed by atoms with Crippen LogP contribution in [-0.2, 0) is 86.4 Å². The van der Waals surface area contributed by atoms with Crippen molar-refractivity contribution in [3.8, 4) is 0 Å². The summed E-state index contributed by atoms with van der Waals surface area (Å²) in [6.45, 7) is 13.1. The molecule has 1 atom stereocenters. The Kier molecular flexibility index (Phi) is 71.1. The molecule has 0 aromatic rings. The van der Waals surface area contributed by atoms with Crippen LogP contribution in [0.5, 0.6) is 0 Å². The number of oxime groups is 1. The zero-order chi connectivity index (χ0) is 64.7. The number of ether oxygens (including phenoxy) is 2. The molecule has 0 saturated heterocycles. The number of nitrogens with two attached hydrogens (primary N) is 7. The van der Waals surface area contributed by atoms with Crippen molar-refractivity contribution >= 4 is 83.7 Å². The van der Waals surface area contributed by atoms with Gasteiger partial charge in [0.05, 0.1) is 12.6 Å². The number of nitrogens with zero attached hydrogens (tertiary/aromatic N) is 1. The molecule has 0 rings (SSSR count). The average molecular weight is 1210 g/mol. The molecule has 0 aliphatic carbocycles. The molecule has 0 aromatic heterocycles. The van der Waals surface area contributed by atoms with Gasteiger partial charge in [-0.25, -0.2) is 26.2 Å². The maximum Gasteiger partial charge on any atom is 0.431 e. The standard InChI is InChI=1S/C7H14N2O4.C7H13NO5.C5H8N2O3.C4H9NO2.2C3H4O2.2C2H6N2O2.CH4O.IO4.2H3N/c1-7(2,3)13-6(11)9-12-4-5(8)10;1-7(2,3)13-6(11)8-12-4-5(9)10;1-4(8)2-7-10-3-5(6)9;1-3(7)4(5)2-6;2*1-3(5)2-4;2*3-2(5)1-6-4;1-2;2-1(3,4)5;;/h4H2,1-3H3,(H2,8,10)(H,9,11);4H2,1-3H3,(H,8,11)(H,9,10);2H,3H2,1H3,(H2,6,9);4,6H,2,5H2,1H3;2*2H,1H3;2*1,4H2,(H2,3,5);2H,1H3;;2*1H3/q;;;;;;;;;-1;;/b;;7-2+;;;;;;;;;/i/hD5. The molecular formula is C34H74IN12O27-. The van der Waals surface area contributed by atoms with Crippen molar-refractivity contribution in [1.29, 1.82) is 0 Å². The van der Waals surface area contributed by atoms with Gasteiger partial charge in [-0.2, -0.15) is 11.0 Å². The van der Waals surface area contributed by atoms with E-state index in [-0.39, 0.29) is 56.7 Å². The number of halogens is 1. The summed E-state index contributed by atoms with van der Waals surface area (Å²) in [5, 5.41) is 26.4. The highest BCUT2D eigenvalue weighted by Crippen LogP contribution is 2.06. The SMILES string of the molecule is CC(=O)C(N)CO.CC(=O)C=O.CC(=O)C=O.CC(C)(C)OC(=O)NOCC(=O)O.CO.N.[2H]N.[2H]NC(=O)CO/N=C/C(C)=O.[2H]NC(=O)CON.[2H]NC(=O)CON.[2H]NC(=O)CONC(=O)OC(C)(C)C.[O-][I+3]([O-])([O-])[O-]. The van der Waals surface area contributed by atoms with Crippen molar-refractivity contribution in [2.45, 2.75) is 86.5 Å². The Balaban J connectivity index is -0.0000000648. The van der Waals surface area contributed by atoms with E-state index in [1.165, 1.54) is 27.7 Å². The number of carboxylic acids is 1. The predicted molar refractivity (Wildman–Crippen MR) is 238 cm³/mol. The van der Waals surface area contributed by atoms with Gasteiger partial charge in [-0.1, -0.05) is 5.16 Å². The summed E-state index contributed by atoms with van der Waals surface area (Å²) >= 11 is -5.94. The Morgan fingerprint density at radius 1 is 0.635 bits per heavy atom. The summed E-state index contributed by atoms with van der Waals surface area (Å²) in [4.78, 5) is 150. The van der Waals surface area contributed by atoms with Gasteiger partial charge in [-0.05, 0) is 48.5 Å². The van der Waals surface area contributed by atoms with Gasteiger partial charge >= 0.3 is 18.2 Å². The summed E-state index contributed by atoms with van der Waals surface area (Å²) in [5.41, 5.74) is 13.8. The molecule has 39 nitrogen and oxygen atoms in total. The van der Waals surface area contributed by atoms with Crippen LogP contribution in [0.25, 0.3) is 0 Å². The van der Waals surface area contributed by atoms with Crippen molar-refractivity contribution in [3.63, 3.8) is 0 Å². The summed E-state index contributed by atoms with van der Waals surface area (Å²) in [7, 11) is 1.00. The number of rotatable bonds is 18. The number of aliphatic hydroxyl groups excluding tert-OH is 2. The first-order chi connectivity index (χ1) is 35.7. The monoisotopic (exact) mass is 1210 g/mol. The Bertz CT molecular complexity index is 1620. The van der Waals surface area contributed by atoms with E-state index in [0.717, 1.165) is 13.3 Å². The van der Waals surface area contributed by atoms with Crippen LogP contribution in [0, 0.1) is 0 Å². The zero-order valence-electron chi connectivity index (χ0n) is 47.0. The van der Waals surface area contributed by atoms with Crippen LogP contribution < -0.4 is 97.5 Å². The lowest BCUT2D eigenvalue weighted by molar-refractivity contribution is -2.00. The number of carboxylic acid groups (broad SMARTS) is 1. The van der Waals surface area contributed by atoms with Crippen LogP contribution >= 0.6 is 0 Å². The second kappa shape index (κ2) is 64.5. The van der Waals surface area contributed by atoms with E-state index in [0.29, 0.717) is 0 Å². The molecule has 0 spiro atoms. The third kappa shape index (κ3) is 184. The van der Waals surface area contributed by atoms with Crippen molar-refractivity contribution in [1.82, 2.24) is 23.3 Å². The molecule has 0 saturated carbocycles. The lowest BCUT2D eigenvalue weighted by Crippen LogP contribution is -4.29. The van der Waals surface area contributed by atoms with Crippen molar-refractivity contribution in [2.75, 3.05) is 46.8 Å². The second-order valence-electron chi connectivity index (χ2n) is 12.8. The maximum atomic E-state index is 10.9. The molecule has 0 fully saturated rings. The highest BCUT2D eigenvalue weighted by atomic mass is 127. The van der Waals surface area contributed by atoms with Crippen LogP contribution in [-0.4, -0.2) is 163 Å². The number of hydrogen-bond acceptors (Lipinski definition) is 32. The zero-order valence-corrected chi connectivity index (χ0v) is 44.2. The van der Waals surface area contributed by atoms with Gasteiger partial charge in [0.1, 0.15) is 57.9 Å². The summed E-state index contributed by atoms with van der Waals surface area (Å²) < 4.78 is 74.4. The second-order valence-corrected chi connectivity index (χ2v) is 15.0.